The topological polar surface area (TPSA) is 197 Å². The van der Waals surface area contributed by atoms with E-state index in [9.17, 15) is 30.0 Å². The highest BCUT2D eigenvalue weighted by Gasteiger charge is 2.46. The lowest BCUT2D eigenvalue weighted by Gasteiger charge is -2.41. The Morgan fingerprint density at radius 1 is 0.860 bits per heavy atom. The van der Waals surface area contributed by atoms with Crippen LogP contribution in [0.2, 0.25) is 0 Å². The molecule has 2 aliphatic rings. The molecular formula is C36H36O14. The second kappa shape index (κ2) is 13.1. The molecular weight excluding hydrogens is 656 g/mol. The molecule has 2 aliphatic heterocycles. The molecule has 10 unspecified atom stereocenters. The first-order chi connectivity index (χ1) is 23.9. The molecule has 0 saturated carbocycles. The Balaban J connectivity index is 1.29. The zero-order valence-electron chi connectivity index (χ0n) is 27.5. The SMILES string of the molecule is C#Cc1cc2oc(=O)c3c(O)c4cccc(OC5OC(C)C(O)C(O)C5OCOC5C(C)COC(C)C(O)C5OC)c4c4oc(=O)c(c1)c2c34. The van der Waals surface area contributed by atoms with Crippen LogP contribution in [-0.2, 0) is 23.7 Å². The Morgan fingerprint density at radius 3 is 2.36 bits per heavy atom. The lowest BCUT2D eigenvalue weighted by Crippen LogP contribution is -2.59. The summed E-state index contributed by atoms with van der Waals surface area (Å²) in [5.74, 6) is 1.82. The van der Waals surface area contributed by atoms with Crippen LogP contribution in [-0.4, -0.2) is 96.1 Å². The van der Waals surface area contributed by atoms with Crippen LogP contribution >= 0.6 is 0 Å². The summed E-state index contributed by atoms with van der Waals surface area (Å²) in [5, 5.41) is 44.5. The van der Waals surface area contributed by atoms with Gasteiger partial charge in [-0.3, -0.25) is 0 Å². The summed E-state index contributed by atoms with van der Waals surface area (Å²) < 4.78 is 46.9. The molecule has 10 atom stereocenters. The summed E-state index contributed by atoms with van der Waals surface area (Å²) >= 11 is 0. The van der Waals surface area contributed by atoms with Gasteiger partial charge in [-0.2, -0.15) is 0 Å². The fourth-order valence-electron chi connectivity index (χ4n) is 7.00. The highest BCUT2D eigenvalue weighted by molar-refractivity contribution is 6.28. The molecule has 50 heavy (non-hydrogen) atoms. The second-order valence-electron chi connectivity index (χ2n) is 12.8. The van der Waals surface area contributed by atoms with Gasteiger partial charge in [0, 0.05) is 34.7 Å². The van der Waals surface area contributed by atoms with Gasteiger partial charge in [0.25, 0.3) is 0 Å². The molecule has 7 rings (SSSR count). The molecule has 0 radical (unpaired) electrons. The summed E-state index contributed by atoms with van der Waals surface area (Å²) in [7, 11) is 1.46. The van der Waals surface area contributed by atoms with E-state index in [1.54, 1.807) is 13.8 Å². The van der Waals surface area contributed by atoms with E-state index in [0.717, 1.165) is 0 Å². The first-order valence-corrected chi connectivity index (χ1v) is 16.1. The predicted molar refractivity (Wildman–Crippen MR) is 177 cm³/mol. The van der Waals surface area contributed by atoms with Gasteiger partial charge in [-0.05, 0) is 32.0 Å². The van der Waals surface area contributed by atoms with Crippen LogP contribution in [0.15, 0.2) is 48.8 Å². The average molecular weight is 693 g/mol. The summed E-state index contributed by atoms with van der Waals surface area (Å²) in [5.41, 5.74) is -1.40. The molecule has 3 aromatic carbocycles. The number of hydrogen-bond donors (Lipinski definition) is 4. The number of aromatic hydroxyl groups is 1. The minimum atomic E-state index is -1.51. The number of rotatable bonds is 7. The predicted octanol–water partition coefficient (Wildman–Crippen LogP) is 2.33. The van der Waals surface area contributed by atoms with E-state index >= 15 is 0 Å². The summed E-state index contributed by atoms with van der Waals surface area (Å²) in [4.78, 5) is 26.6. The molecule has 264 valence electrons. The smallest absolute Gasteiger partial charge is 0.348 e. The Labute approximate surface area is 283 Å². The number of fused-ring (bicyclic) bond motifs is 2. The number of phenols is 1. The Morgan fingerprint density at radius 2 is 1.62 bits per heavy atom. The molecule has 0 bridgehead atoms. The van der Waals surface area contributed by atoms with E-state index in [1.807, 2.05) is 6.92 Å². The minimum Gasteiger partial charge on any atom is -0.506 e. The van der Waals surface area contributed by atoms with Gasteiger partial charge in [0.1, 0.15) is 53.7 Å². The van der Waals surface area contributed by atoms with E-state index in [1.165, 1.54) is 37.4 Å². The lowest BCUT2D eigenvalue weighted by molar-refractivity contribution is -0.298. The molecule has 14 nitrogen and oxygen atoms in total. The van der Waals surface area contributed by atoms with Gasteiger partial charge < -0.3 is 57.7 Å². The first-order valence-electron chi connectivity index (χ1n) is 16.1. The molecule has 4 heterocycles. The third-order valence-electron chi connectivity index (χ3n) is 9.71. The van der Waals surface area contributed by atoms with E-state index in [2.05, 4.69) is 5.92 Å². The van der Waals surface area contributed by atoms with Crippen molar-refractivity contribution in [2.45, 2.75) is 75.9 Å². The van der Waals surface area contributed by atoms with E-state index in [-0.39, 0.29) is 60.7 Å². The number of hydrogen-bond acceptors (Lipinski definition) is 14. The van der Waals surface area contributed by atoms with Crippen LogP contribution in [0.3, 0.4) is 0 Å². The Bertz CT molecular complexity index is 2220. The number of ether oxygens (including phenoxy) is 6. The average Bonchev–Trinajstić information content (AvgIpc) is 3.20. The maximum Gasteiger partial charge on any atom is 0.348 e. The maximum absolute atomic E-state index is 13.4. The van der Waals surface area contributed by atoms with Gasteiger partial charge >= 0.3 is 11.3 Å². The quantitative estimate of drug-likeness (QED) is 0.0638. The molecule has 2 aromatic heterocycles. The van der Waals surface area contributed by atoms with Gasteiger partial charge in [-0.1, -0.05) is 25.0 Å². The number of aliphatic hydroxyl groups is 3. The normalized spacial score (nSPS) is 30.6. The van der Waals surface area contributed by atoms with E-state index < -0.39 is 78.9 Å². The summed E-state index contributed by atoms with van der Waals surface area (Å²) in [6.07, 6.45) is -3.79. The highest BCUT2D eigenvalue weighted by atomic mass is 16.7. The number of terminal acetylenes is 1. The van der Waals surface area contributed by atoms with Gasteiger partial charge in [-0.15, -0.1) is 6.42 Å². The van der Waals surface area contributed by atoms with Crippen molar-refractivity contribution in [3.8, 4) is 23.8 Å². The van der Waals surface area contributed by atoms with Gasteiger partial charge in [-0.25, -0.2) is 9.59 Å². The zero-order valence-corrected chi connectivity index (χ0v) is 27.5. The van der Waals surface area contributed by atoms with Crippen molar-refractivity contribution < 1.29 is 57.7 Å². The fraction of sp³-hybridized carbons (Fsp3) is 0.444. The monoisotopic (exact) mass is 692 g/mol. The third-order valence-corrected chi connectivity index (χ3v) is 9.71. The van der Waals surface area contributed by atoms with Crippen molar-refractivity contribution in [1.29, 1.82) is 0 Å². The Hall–Kier alpha value is -4.30. The van der Waals surface area contributed by atoms with E-state index in [4.69, 9.17) is 43.7 Å². The van der Waals surface area contributed by atoms with Crippen molar-refractivity contribution in [3.05, 3.63) is 56.7 Å². The highest BCUT2D eigenvalue weighted by Crippen LogP contribution is 2.45. The van der Waals surface area contributed by atoms with Gasteiger partial charge in [0.05, 0.1) is 35.7 Å². The van der Waals surface area contributed by atoms with Crippen molar-refractivity contribution in [3.63, 3.8) is 0 Å². The third kappa shape index (κ3) is 5.47. The van der Waals surface area contributed by atoms with Crippen LogP contribution in [0.1, 0.15) is 26.3 Å². The Kier molecular flexibility index (Phi) is 8.96. The van der Waals surface area contributed by atoms with Gasteiger partial charge in [0.2, 0.25) is 6.29 Å². The van der Waals surface area contributed by atoms with Crippen molar-refractivity contribution >= 4 is 43.5 Å². The molecule has 14 heteroatoms. The van der Waals surface area contributed by atoms with Crippen LogP contribution < -0.4 is 16.0 Å². The summed E-state index contributed by atoms with van der Waals surface area (Å²) in [6.45, 7) is 5.02. The standard InChI is InChI=1S/C36H36O14/c1-6-17-10-19-22-21(11-17)48-35(42)25-24(22)31(50-34(19)41)23-18(28(25)39)8-7-9-20(23)49-36-33(29(40)26(37)16(4)47-36)46-13-45-30-14(2)12-44-15(3)27(38)32(30)43-5/h1,7-11,14-16,26-27,29-30,32-33,36-40H,12-13H2,2-5H3. The number of phenolic OH excluding ortho intramolecular Hbond substituents is 1. The summed E-state index contributed by atoms with van der Waals surface area (Å²) in [6, 6.07) is 7.45. The van der Waals surface area contributed by atoms with Crippen molar-refractivity contribution in [1.82, 2.24) is 0 Å². The number of benzene rings is 3. The molecule has 4 N–H and O–H groups in total. The largest absolute Gasteiger partial charge is 0.506 e. The molecule has 2 fully saturated rings. The molecule has 2 saturated heterocycles. The van der Waals surface area contributed by atoms with Crippen molar-refractivity contribution in [2.75, 3.05) is 20.5 Å². The molecule has 5 aromatic rings. The van der Waals surface area contributed by atoms with E-state index in [0.29, 0.717) is 6.61 Å². The van der Waals surface area contributed by atoms with Gasteiger partial charge in [0.15, 0.2) is 11.7 Å². The maximum atomic E-state index is 13.4. The molecule has 0 spiro atoms. The fourth-order valence-corrected chi connectivity index (χ4v) is 7.00. The second-order valence-corrected chi connectivity index (χ2v) is 12.8. The number of methoxy groups -OCH3 is 1. The van der Waals surface area contributed by atoms with Crippen LogP contribution in [0.5, 0.6) is 11.5 Å². The lowest BCUT2D eigenvalue weighted by atomic mass is 9.96. The zero-order chi connectivity index (χ0) is 35.6. The van der Waals surface area contributed by atoms with Crippen LogP contribution in [0, 0.1) is 18.3 Å². The minimum absolute atomic E-state index is 0.0326. The van der Waals surface area contributed by atoms with Crippen LogP contribution in [0.25, 0.3) is 43.5 Å². The molecule has 0 aliphatic carbocycles. The first kappa shape index (κ1) is 34.2. The molecule has 0 amide bonds. The van der Waals surface area contributed by atoms with Crippen LogP contribution in [0.4, 0.5) is 0 Å². The van der Waals surface area contributed by atoms with Crippen molar-refractivity contribution in [2.24, 2.45) is 5.92 Å². The number of aliphatic hydroxyl groups excluding tert-OH is 3.